The highest BCUT2D eigenvalue weighted by Crippen LogP contribution is 2.44. The van der Waals surface area contributed by atoms with E-state index < -0.39 is 30.1 Å². The van der Waals surface area contributed by atoms with Gasteiger partial charge in [-0.2, -0.15) is 0 Å². The van der Waals surface area contributed by atoms with Gasteiger partial charge in [-0.15, -0.1) is 0 Å². The van der Waals surface area contributed by atoms with Crippen LogP contribution >= 0.6 is 0 Å². The van der Waals surface area contributed by atoms with Crippen molar-refractivity contribution in [2.75, 3.05) is 13.7 Å². The highest BCUT2D eigenvalue weighted by molar-refractivity contribution is 5.89. The zero-order valence-corrected chi connectivity index (χ0v) is 19.8. The first-order valence-electron chi connectivity index (χ1n) is 11.1. The monoisotopic (exact) mass is 452 g/mol. The number of alkyl carbamates (subject to hydrolysis) is 1. The lowest BCUT2D eigenvalue weighted by atomic mass is 9.87. The summed E-state index contributed by atoms with van der Waals surface area (Å²) in [6.07, 6.45) is -0.420. The molecule has 3 rings (SSSR count). The third kappa shape index (κ3) is 5.53. The number of carbonyl (C=O) groups excluding carboxylic acids is 2. The number of carboxylic acid groups (broad SMARTS) is 1. The summed E-state index contributed by atoms with van der Waals surface area (Å²) in [7, 11) is 1.45. The van der Waals surface area contributed by atoms with Gasteiger partial charge in [0.25, 0.3) is 0 Å². The normalized spacial score (nSPS) is 14.6. The van der Waals surface area contributed by atoms with Crippen LogP contribution in [0.5, 0.6) is 0 Å². The zero-order chi connectivity index (χ0) is 24.3. The average molecular weight is 453 g/mol. The van der Waals surface area contributed by atoms with E-state index in [1.807, 2.05) is 57.2 Å². The third-order valence-electron chi connectivity index (χ3n) is 5.95. The Kier molecular flexibility index (Phi) is 7.10. The predicted octanol–water partition coefficient (Wildman–Crippen LogP) is 4.26. The van der Waals surface area contributed by atoms with Gasteiger partial charge < -0.3 is 20.1 Å². The number of amides is 2. The Labute approximate surface area is 194 Å². The number of likely N-dealkylation sites (N-methyl/N-ethyl adjacent to an activating group) is 1. The number of benzene rings is 2. The van der Waals surface area contributed by atoms with Crippen molar-refractivity contribution in [2.24, 2.45) is 5.41 Å². The largest absolute Gasteiger partial charge is 0.480 e. The number of hydrogen-bond donors (Lipinski definition) is 2. The van der Waals surface area contributed by atoms with Gasteiger partial charge in [-0.05, 0) is 41.0 Å². The van der Waals surface area contributed by atoms with E-state index in [2.05, 4.69) is 17.4 Å². The molecule has 2 aromatic rings. The summed E-state index contributed by atoms with van der Waals surface area (Å²) in [6, 6.07) is 14.2. The Morgan fingerprint density at radius 3 is 2.03 bits per heavy atom. The standard InChI is InChI=1S/C26H32N2O5/c1-16(23(29)28(5)22(24(30)31)14-26(2,3)4)27-25(32)33-15-21-19-12-8-6-10-17(19)18-11-7-9-13-20(18)21/h6-13,16,21-22H,14-15H2,1-5H3,(H,27,32)(H,30,31)/t16-,22?/m1/s1. The molecule has 2 N–H and O–H groups in total. The molecule has 7 heteroatoms. The molecule has 0 bridgehead atoms. The summed E-state index contributed by atoms with van der Waals surface area (Å²) in [5.74, 6) is -1.64. The van der Waals surface area contributed by atoms with Crippen LogP contribution in [0.2, 0.25) is 0 Å². The minimum Gasteiger partial charge on any atom is -0.480 e. The van der Waals surface area contributed by atoms with Gasteiger partial charge in [-0.3, -0.25) is 4.79 Å². The van der Waals surface area contributed by atoms with Gasteiger partial charge in [-0.1, -0.05) is 69.3 Å². The molecule has 2 amide bonds. The highest BCUT2D eigenvalue weighted by Gasteiger charge is 2.34. The third-order valence-corrected chi connectivity index (χ3v) is 5.95. The van der Waals surface area contributed by atoms with E-state index >= 15 is 0 Å². The van der Waals surface area contributed by atoms with Crippen LogP contribution in [0.1, 0.15) is 51.2 Å². The van der Waals surface area contributed by atoms with E-state index in [9.17, 15) is 19.5 Å². The fourth-order valence-electron chi connectivity index (χ4n) is 4.31. The summed E-state index contributed by atoms with van der Waals surface area (Å²) in [5.41, 5.74) is 4.18. The molecule has 2 aromatic carbocycles. The molecule has 0 spiro atoms. The van der Waals surface area contributed by atoms with Gasteiger partial charge in [0.2, 0.25) is 5.91 Å². The van der Waals surface area contributed by atoms with Gasteiger partial charge in [0, 0.05) is 13.0 Å². The number of rotatable bonds is 7. The SMILES string of the molecule is C[C@@H](NC(=O)OCC1c2ccccc2-c2ccccc21)C(=O)N(C)C(CC(C)(C)C)C(=O)O. The number of aliphatic carboxylic acids is 1. The summed E-state index contributed by atoms with van der Waals surface area (Å²) >= 11 is 0. The first-order valence-corrected chi connectivity index (χ1v) is 11.1. The maximum absolute atomic E-state index is 12.8. The second-order valence-electron chi connectivity index (χ2n) is 9.76. The lowest BCUT2D eigenvalue weighted by Gasteiger charge is -2.32. The van der Waals surface area contributed by atoms with Gasteiger partial charge >= 0.3 is 12.1 Å². The Balaban J connectivity index is 1.62. The Hall–Kier alpha value is -3.35. The van der Waals surface area contributed by atoms with Crippen LogP contribution in [0.3, 0.4) is 0 Å². The molecule has 0 heterocycles. The van der Waals surface area contributed by atoms with Crippen molar-refractivity contribution < 1.29 is 24.2 Å². The van der Waals surface area contributed by atoms with Crippen molar-refractivity contribution in [1.82, 2.24) is 10.2 Å². The fraction of sp³-hybridized carbons (Fsp3) is 0.423. The van der Waals surface area contributed by atoms with Gasteiger partial charge in [-0.25, -0.2) is 9.59 Å². The minimum atomic E-state index is -1.07. The first-order chi connectivity index (χ1) is 15.5. The predicted molar refractivity (Wildman–Crippen MR) is 126 cm³/mol. The molecule has 33 heavy (non-hydrogen) atoms. The van der Waals surface area contributed by atoms with Gasteiger partial charge in [0.1, 0.15) is 18.7 Å². The number of nitrogens with one attached hydrogen (secondary N) is 1. The van der Waals surface area contributed by atoms with E-state index in [4.69, 9.17) is 4.74 Å². The Bertz CT molecular complexity index is 997. The van der Waals surface area contributed by atoms with Gasteiger partial charge in [0.15, 0.2) is 0 Å². The second-order valence-corrected chi connectivity index (χ2v) is 9.76. The van der Waals surface area contributed by atoms with Crippen LogP contribution in [0, 0.1) is 5.41 Å². The molecule has 0 saturated carbocycles. The summed E-state index contributed by atoms with van der Waals surface area (Å²) in [5, 5.41) is 12.1. The molecule has 2 atom stereocenters. The van der Waals surface area contributed by atoms with E-state index in [1.54, 1.807) is 0 Å². The Morgan fingerprint density at radius 2 is 1.55 bits per heavy atom. The van der Waals surface area contributed by atoms with Crippen LogP contribution in [0.4, 0.5) is 4.79 Å². The topological polar surface area (TPSA) is 95.9 Å². The molecule has 0 aliphatic heterocycles. The van der Waals surface area contributed by atoms with Crippen LogP contribution in [0.15, 0.2) is 48.5 Å². The first kappa shape index (κ1) is 24.3. The molecule has 176 valence electrons. The Morgan fingerprint density at radius 1 is 1.03 bits per heavy atom. The molecule has 0 aromatic heterocycles. The fourth-order valence-corrected chi connectivity index (χ4v) is 4.31. The second kappa shape index (κ2) is 9.65. The highest BCUT2D eigenvalue weighted by atomic mass is 16.5. The lowest BCUT2D eigenvalue weighted by molar-refractivity contribution is -0.150. The van der Waals surface area contributed by atoms with Crippen molar-refractivity contribution in [3.8, 4) is 11.1 Å². The van der Waals surface area contributed by atoms with Crippen molar-refractivity contribution >= 4 is 18.0 Å². The number of fused-ring (bicyclic) bond motifs is 3. The summed E-state index contributed by atoms with van der Waals surface area (Å²) in [6.45, 7) is 7.41. The molecule has 1 aliphatic carbocycles. The van der Waals surface area contributed by atoms with Crippen LogP contribution in [0.25, 0.3) is 11.1 Å². The number of hydrogen-bond acceptors (Lipinski definition) is 4. The smallest absolute Gasteiger partial charge is 0.407 e. The quantitative estimate of drug-likeness (QED) is 0.654. The molecule has 7 nitrogen and oxygen atoms in total. The molecule has 1 unspecified atom stereocenters. The maximum atomic E-state index is 12.8. The molecular weight excluding hydrogens is 420 g/mol. The maximum Gasteiger partial charge on any atom is 0.407 e. The number of carboxylic acids is 1. The van der Waals surface area contributed by atoms with Gasteiger partial charge in [0.05, 0.1) is 0 Å². The van der Waals surface area contributed by atoms with Crippen LogP contribution < -0.4 is 5.32 Å². The summed E-state index contributed by atoms with van der Waals surface area (Å²) in [4.78, 5) is 38.2. The molecule has 0 saturated heterocycles. The minimum absolute atomic E-state index is 0.0833. The van der Waals surface area contributed by atoms with Crippen LogP contribution in [-0.4, -0.2) is 53.7 Å². The van der Waals surface area contributed by atoms with E-state index in [0.29, 0.717) is 6.42 Å². The number of ether oxygens (including phenoxy) is 1. The van der Waals surface area contributed by atoms with Crippen molar-refractivity contribution in [2.45, 2.75) is 52.1 Å². The van der Waals surface area contributed by atoms with Crippen LogP contribution in [-0.2, 0) is 14.3 Å². The zero-order valence-electron chi connectivity index (χ0n) is 19.8. The van der Waals surface area contributed by atoms with E-state index in [0.717, 1.165) is 22.3 Å². The number of nitrogens with zero attached hydrogens (tertiary/aromatic N) is 1. The molecule has 0 radical (unpaired) electrons. The average Bonchev–Trinajstić information content (AvgIpc) is 3.08. The van der Waals surface area contributed by atoms with E-state index in [1.165, 1.54) is 18.9 Å². The van der Waals surface area contributed by atoms with Crippen molar-refractivity contribution in [1.29, 1.82) is 0 Å². The molecule has 1 aliphatic rings. The van der Waals surface area contributed by atoms with E-state index in [-0.39, 0.29) is 17.9 Å². The summed E-state index contributed by atoms with van der Waals surface area (Å²) < 4.78 is 5.49. The van der Waals surface area contributed by atoms with Crippen molar-refractivity contribution in [3.63, 3.8) is 0 Å². The van der Waals surface area contributed by atoms with Crippen molar-refractivity contribution in [3.05, 3.63) is 59.7 Å². The molecular formula is C26H32N2O5. The molecule has 0 fully saturated rings. The lowest BCUT2D eigenvalue weighted by Crippen LogP contribution is -2.52. The number of carbonyl (C=O) groups is 3.